The number of benzene rings is 2. The Hall–Kier alpha value is -4.60. The lowest BCUT2D eigenvalue weighted by atomic mass is 9.83. The number of amides is 3. The van der Waals surface area contributed by atoms with Gasteiger partial charge in [-0.2, -0.15) is 0 Å². The molecule has 2 aliphatic rings. The molecule has 2 bridgehead atoms. The average molecular weight is 503 g/mol. The molecular weight excluding hydrogens is 476 g/mol. The second-order valence-corrected chi connectivity index (χ2v) is 9.26. The molecule has 2 atom stereocenters. The Morgan fingerprint density at radius 2 is 1.68 bits per heavy atom. The predicted molar refractivity (Wildman–Crippen MR) is 136 cm³/mol. The van der Waals surface area contributed by atoms with Crippen LogP contribution in [0.25, 0.3) is 0 Å². The first-order valence-corrected chi connectivity index (χ1v) is 11.9. The van der Waals surface area contributed by atoms with Crippen LogP contribution in [-0.2, 0) is 6.54 Å². The molecule has 3 N–H and O–H groups in total. The number of carboxylic acid groups (broad SMARTS) is 1. The van der Waals surface area contributed by atoms with Gasteiger partial charge in [0.05, 0.1) is 18.4 Å². The number of nitrogens with one attached hydrogen (secondary N) is 2. The van der Waals surface area contributed by atoms with E-state index in [1.165, 1.54) is 19.2 Å². The lowest BCUT2D eigenvalue weighted by Gasteiger charge is -2.43. The number of para-hydroxylation sites is 2. The summed E-state index contributed by atoms with van der Waals surface area (Å²) in [4.78, 5) is 52.0. The minimum atomic E-state index is -1.08. The molecule has 0 saturated carbocycles. The van der Waals surface area contributed by atoms with E-state index in [2.05, 4.69) is 10.6 Å². The zero-order valence-electron chi connectivity index (χ0n) is 20.1. The fraction of sp³-hybridized carbons (Fsp3) is 0.259. The minimum absolute atomic E-state index is 0.0386. The van der Waals surface area contributed by atoms with Gasteiger partial charge < -0.3 is 29.9 Å². The van der Waals surface area contributed by atoms with Crippen LogP contribution in [0.15, 0.2) is 65.5 Å². The molecular formula is C27H26N4O6. The highest BCUT2D eigenvalue weighted by molar-refractivity contribution is 6.00. The van der Waals surface area contributed by atoms with Crippen LogP contribution >= 0.6 is 0 Å². The summed E-state index contributed by atoms with van der Waals surface area (Å²) in [6.45, 7) is 1.31. The minimum Gasteiger partial charge on any atom is -0.495 e. The smallest absolute Gasteiger partial charge is 0.335 e. The first-order valence-electron chi connectivity index (χ1n) is 11.9. The SMILES string of the molecule is COc1ccccc1NC(=O)Nc1ccc2n(c1=O)C[C@H]1C[C@@H]2CN(C(=O)c2cccc(C(=O)O)c2)C1. The number of ether oxygens (including phenoxy) is 1. The molecule has 2 aliphatic heterocycles. The number of aromatic nitrogens is 1. The molecule has 2 aromatic carbocycles. The summed E-state index contributed by atoms with van der Waals surface area (Å²) < 4.78 is 6.93. The van der Waals surface area contributed by atoms with Gasteiger partial charge in [0.2, 0.25) is 0 Å². The number of carboxylic acids is 1. The van der Waals surface area contributed by atoms with Crippen LogP contribution in [0, 0.1) is 5.92 Å². The quantitative estimate of drug-likeness (QED) is 0.490. The summed E-state index contributed by atoms with van der Waals surface area (Å²) in [7, 11) is 1.51. The second-order valence-electron chi connectivity index (χ2n) is 9.26. The summed E-state index contributed by atoms with van der Waals surface area (Å²) in [6, 6.07) is 15.9. The van der Waals surface area contributed by atoms with Gasteiger partial charge in [-0.25, -0.2) is 9.59 Å². The van der Waals surface area contributed by atoms with E-state index < -0.39 is 12.0 Å². The summed E-state index contributed by atoms with van der Waals surface area (Å²) in [5.74, 6) is -0.780. The van der Waals surface area contributed by atoms with Crippen molar-refractivity contribution in [1.82, 2.24) is 9.47 Å². The number of likely N-dealkylation sites (tertiary alicyclic amines) is 1. The standard InChI is InChI=1S/C27H26N4O6/c1-37-23-8-3-2-7-20(23)28-27(36)29-21-9-10-22-19-11-16(14-31(22)25(21)33)13-30(15-19)24(32)17-5-4-6-18(12-17)26(34)35/h2-10,12,16,19H,11,13-15H2,1H3,(H,34,35)(H2,28,29,36)/t16-,19+/m0/s1. The number of carbonyl (C=O) groups is 3. The van der Waals surface area contributed by atoms with Crippen molar-refractivity contribution < 1.29 is 24.2 Å². The fourth-order valence-corrected chi connectivity index (χ4v) is 5.20. The van der Waals surface area contributed by atoms with Gasteiger partial charge in [-0.1, -0.05) is 18.2 Å². The van der Waals surface area contributed by atoms with Crippen LogP contribution in [0.2, 0.25) is 0 Å². The van der Waals surface area contributed by atoms with E-state index in [0.29, 0.717) is 36.6 Å². The third kappa shape index (κ3) is 4.77. The number of urea groups is 1. The summed E-state index contributed by atoms with van der Waals surface area (Å²) in [5, 5.41) is 14.6. The summed E-state index contributed by atoms with van der Waals surface area (Å²) in [5.41, 5.74) is 1.56. The van der Waals surface area contributed by atoms with Crippen molar-refractivity contribution in [2.24, 2.45) is 5.92 Å². The molecule has 190 valence electrons. The second kappa shape index (κ2) is 9.81. The molecule has 1 fully saturated rings. The van der Waals surface area contributed by atoms with Gasteiger partial charge in [0.15, 0.2) is 0 Å². The Morgan fingerprint density at radius 3 is 2.46 bits per heavy atom. The van der Waals surface area contributed by atoms with Crippen LogP contribution in [0.1, 0.15) is 38.7 Å². The van der Waals surface area contributed by atoms with Crippen molar-refractivity contribution in [3.05, 3.63) is 87.8 Å². The van der Waals surface area contributed by atoms with E-state index in [1.807, 2.05) is 6.07 Å². The van der Waals surface area contributed by atoms with E-state index in [-0.39, 0.29) is 34.6 Å². The molecule has 10 heteroatoms. The fourth-order valence-electron chi connectivity index (χ4n) is 5.20. The summed E-state index contributed by atoms with van der Waals surface area (Å²) in [6.07, 6.45) is 0.847. The van der Waals surface area contributed by atoms with Gasteiger partial charge in [-0.05, 0) is 54.8 Å². The molecule has 5 rings (SSSR count). The highest BCUT2D eigenvalue weighted by Crippen LogP contribution is 2.36. The monoisotopic (exact) mass is 502 g/mol. The van der Waals surface area contributed by atoms with E-state index in [1.54, 1.807) is 51.9 Å². The van der Waals surface area contributed by atoms with Crippen molar-refractivity contribution in [3.8, 4) is 5.75 Å². The molecule has 0 aliphatic carbocycles. The van der Waals surface area contributed by atoms with Crippen molar-refractivity contribution in [3.63, 3.8) is 0 Å². The van der Waals surface area contributed by atoms with Crippen molar-refractivity contribution in [2.75, 3.05) is 30.8 Å². The third-order valence-electron chi connectivity index (χ3n) is 6.85. The number of methoxy groups -OCH3 is 1. The van der Waals surface area contributed by atoms with Crippen LogP contribution in [0.3, 0.4) is 0 Å². The summed E-state index contributed by atoms with van der Waals surface area (Å²) >= 11 is 0. The number of aromatic carboxylic acids is 1. The lowest BCUT2D eigenvalue weighted by Crippen LogP contribution is -2.49. The van der Waals surface area contributed by atoms with Crippen LogP contribution < -0.4 is 20.9 Å². The number of rotatable bonds is 5. The molecule has 3 aromatic rings. The van der Waals surface area contributed by atoms with Crippen molar-refractivity contribution in [2.45, 2.75) is 18.9 Å². The molecule has 1 aromatic heterocycles. The highest BCUT2D eigenvalue weighted by Gasteiger charge is 2.37. The number of pyridine rings is 1. The Labute approximate surface area is 212 Å². The maximum atomic E-state index is 13.3. The van der Waals surface area contributed by atoms with E-state index in [4.69, 9.17) is 4.74 Å². The van der Waals surface area contributed by atoms with Gasteiger partial charge in [0.1, 0.15) is 11.4 Å². The molecule has 0 radical (unpaired) electrons. The van der Waals surface area contributed by atoms with Gasteiger partial charge in [0.25, 0.3) is 11.5 Å². The molecule has 10 nitrogen and oxygen atoms in total. The van der Waals surface area contributed by atoms with E-state index in [0.717, 1.165) is 12.1 Å². The van der Waals surface area contributed by atoms with Gasteiger partial charge >= 0.3 is 12.0 Å². The molecule has 0 spiro atoms. The number of carbonyl (C=O) groups excluding carboxylic acids is 2. The first-order chi connectivity index (χ1) is 17.8. The van der Waals surface area contributed by atoms with Crippen molar-refractivity contribution in [1.29, 1.82) is 0 Å². The maximum Gasteiger partial charge on any atom is 0.335 e. The highest BCUT2D eigenvalue weighted by atomic mass is 16.5. The predicted octanol–water partition coefficient (Wildman–Crippen LogP) is 3.46. The van der Waals surface area contributed by atoms with E-state index >= 15 is 0 Å². The average Bonchev–Trinajstić information content (AvgIpc) is 2.90. The molecule has 3 amide bonds. The van der Waals surface area contributed by atoms with Gasteiger partial charge in [-0.3, -0.25) is 9.59 Å². The number of hydrogen-bond donors (Lipinski definition) is 3. The largest absolute Gasteiger partial charge is 0.495 e. The first kappa shape index (κ1) is 24.1. The third-order valence-corrected chi connectivity index (χ3v) is 6.85. The number of piperidine rings is 1. The Bertz CT molecular complexity index is 1450. The Morgan fingerprint density at radius 1 is 0.919 bits per heavy atom. The number of anilines is 2. The lowest BCUT2D eigenvalue weighted by molar-refractivity contribution is 0.0594. The molecule has 1 saturated heterocycles. The number of hydrogen-bond acceptors (Lipinski definition) is 5. The zero-order valence-corrected chi connectivity index (χ0v) is 20.1. The topological polar surface area (TPSA) is 130 Å². The molecule has 3 heterocycles. The maximum absolute atomic E-state index is 13.3. The Balaban J connectivity index is 1.33. The van der Waals surface area contributed by atoms with Crippen LogP contribution in [0.5, 0.6) is 5.75 Å². The van der Waals surface area contributed by atoms with Gasteiger partial charge in [0, 0.05) is 36.8 Å². The molecule has 37 heavy (non-hydrogen) atoms. The van der Waals surface area contributed by atoms with Gasteiger partial charge in [-0.15, -0.1) is 0 Å². The Kier molecular flexibility index (Phi) is 6.39. The molecule has 0 unspecified atom stereocenters. The van der Waals surface area contributed by atoms with Crippen LogP contribution in [0.4, 0.5) is 16.2 Å². The number of fused-ring (bicyclic) bond motifs is 4. The normalized spacial score (nSPS) is 17.9. The van der Waals surface area contributed by atoms with E-state index in [9.17, 15) is 24.3 Å². The van der Waals surface area contributed by atoms with Crippen molar-refractivity contribution >= 4 is 29.3 Å². The zero-order chi connectivity index (χ0) is 26.1. The number of nitrogens with zero attached hydrogens (tertiary/aromatic N) is 2. The van der Waals surface area contributed by atoms with Crippen LogP contribution in [-0.4, -0.2) is 52.7 Å².